The average molecular weight is 314 g/mol. The summed E-state index contributed by atoms with van der Waals surface area (Å²) in [7, 11) is 1.66. The zero-order chi connectivity index (χ0) is 13.9. The molecule has 118 valence electrons. The minimum atomic E-state index is 0. The third-order valence-electron chi connectivity index (χ3n) is 4.43. The van der Waals surface area contributed by atoms with Crippen molar-refractivity contribution < 1.29 is 14.6 Å². The minimum absolute atomic E-state index is 0. The van der Waals surface area contributed by atoms with Crippen LogP contribution in [-0.2, 0) is 0 Å². The lowest BCUT2D eigenvalue weighted by molar-refractivity contribution is 0.0996. The molecule has 3 rings (SSSR count). The first-order valence-electron chi connectivity index (χ1n) is 7.49. The highest BCUT2D eigenvalue weighted by molar-refractivity contribution is 5.85. The standard InChI is InChI=1S/C16H23NO3.ClH/c1-19-12-5-6-15-13(9-12)14(11-18)16(20-15)10-17-7-3-2-4-8-17;/h5-6,9,14,16,18H,2-4,7-8,10-11H2,1H3;1H. The molecule has 0 amide bonds. The lowest BCUT2D eigenvalue weighted by Crippen LogP contribution is -2.40. The SMILES string of the molecule is COc1ccc2c(c1)C(CO)C(CN1CCCCC1)O2.Cl. The highest BCUT2D eigenvalue weighted by Gasteiger charge is 2.35. The predicted octanol–water partition coefficient (Wildman–Crippen LogP) is 2.44. The van der Waals surface area contributed by atoms with Gasteiger partial charge in [0.1, 0.15) is 17.6 Å². The number of nitrogens with zero attached hydrogens (tertiary/aromatic N) is 1. The van der Waals surface area contributed by atoms with Gasteiger partial charge in [-0.25, -0.2) is 0 Å². The molecule has 2 heterocycles. The molecule has 1 aromatic rings. The number of aliphatic hydroxyl groups is 1. The molecule has 2 atom stereocenters. The summed E-state index contributed by atoms with van der Waals surface area (Å²) in [6.07, 6.45) is 3.94. The van der Waals surface area contributed by atoms with E-state index in [1.807, 2.05) is 18.2 Å². The maximum absolute atomic E-state index is 9.74. The lowest BCUT2D eigenvalue weighted by Gasteiger charge is -2.30. The summed E-state index contributed by atoms with van der Waals surface area (Å²) in [5.74, 6) is 1.78. The molecular weight excluding hydrogens is 290 g/mol. The van der Waals surface area contributed by atoms with E-state index in [0.29, 0.717) is 0 Å². The average Bonchev–Trinajstić information content (AvgIpc) is 2.84. The van der Waals surface area contributed by atoms with E-state index in [1.54, 1.807) is 7.11 Å². The van der Waals surface area contributed by atoms with Crippen LogP contribution in [0, 0.1) is 0 Å². The van der Waals surface area contributed by atoms with Crippen molar-refractivity contribution in [1.82, 2.24) is 4.90 Å². The van der Waals surface area contributed by atoms with E-state index >= 15 is 0 Å². The molecule has 1 saturated heterocycles. The van der Waals surface area contributed by atoms with E-state index in [2.05, 4.69) is 4.90 Å². The summed E-state index contributed by atoms with van der Waals surface area (Å²) in [6, 6.07) is 5.86. The molecule has 4 nitrogen and oxygen atoms in total. The second kappa shape index (κ2) is 7.34. The zero-order valence-electron chi connectivity index (χ0n) is 12.5. The van der Waals surface area contributed by atoms with Gasteiger partial charge in [-0.2, -0.15) is 0 Å². The third-order valence-corrected chi connectivity index (χ3v) is 4.43. The van der Waals surface area contributed by atoms with E-state index in [1.165, 1.54) is 19.3 Å². The van der Waals surface area contributed by atoms with Gasteiger partial charge in [0.2, 0.25) is 0 Å². The van der Waals surface area contributed by atoms with Crippen LogP contribution in [0.15, 0.2) is 18.2 Å². The number of benzene rings is 1. The molecule has 0 radical (unpaired) electrons. The molecule has 0 aliphatic carbocycles. The third kappa shape index (κ3) is 3.44. The van der Waals surface area contributed by atoms with Crippen molar-refractivity contribution in [3.63, 3.8) is 0 Å². The number of hydrogen-bond acceptors (Lipinski definition) is 4. The maximum Gasteiger partial charge on any atom is 0.123 e. The summed E-state index contributed by atoms with van der Waals surface area (Å²) in [5, 5.41) is 9.74. The van der Waals surface area contributed by atoms with Crippen molar-refractivity contribution in [2.24, 2.45) is 0 Å². The second-order valence-electron chi connectivity index (χ2n) is 5.71. The predicted molar refractivity (Wildman–Crippen MR) is 84.8 cm³/mol. The Balaban J connectivity index is 0.00000161. The lowest BCUT2D eigenvalue weighted by atomic mass is 9.95. The summed E-state index contributed by atoms with van der Waals surface area (Å²) in [4.78, 5) is 2.46. The molecule has 2 aliphatic rings. The van der Waals surface area contributed by atoms with Crippen LogP contribution in [0.1, 0.15) is 30.7 Å². The number of fused-ring (bicyclic) bond motifs is 1. The molecule has 2 unspecified atom stereocenters. The molecule has 0 bridgehead atoms. The minimum Gasteiger partial charge on any atom is -0.497 e. The van der Waals surface area contributed by atoms with Crippen LogP contribution in [0.3, 0.4) is 0 Å². The molecule has 5 heteroatoms. The van der Waals surface area contributed by atoms with E-state index in [4.69, 9.17) is 9.47 Å². The first kappa shape index (κ1) is 16.4. The molecule has 1 aromatic carbocycles. The van der Waals surface area contributed by atoms with Gasteiger partial charge in [-0.1, -0.05) is 6.42 Å². The number of aliphatic hydroxyl groups excluding tert-OH is 1. The van der Waals surface area contributed by atoms with Crippen LogP contribution in [0.5, 0.6) is 11.5 Å². The van der Waals surface area contributed by atoms with Gasteiger partial charge in [0.15, 0.2) is 0 Å². The number of likely N-dealkylation sites (tertiary alicyclic amines) is 1. The molecular formula is C16H24ClNO3. The van der Waals surface area contributed by atoms with Crippen LogP contribution in [-0.4, -0.2) is 49.5 Å². The second-order valence-corrected chi connectivity index (χ2v) is 5.71. The van der Waals surface area contributed by atoms with Gasteiger partial charge in [0.25, 0.3) is 0 Å². The number of ether oxygens (including phenoxy) is 2. The van der Waals surface area contributed by atoms with Crippen molar-refractivity contribution in [3.05, 3.63) is 23.8 Å². The van der Waals surface area contributed by atoms with Crippen LogP contribution in [0.2, 0.25) is 0 Å². The van der Waals surface area contributed by atoms with Gasteiger partial charge >= 0.3 is 0 Å². The highest BCUT2D eigenvalue weighted by Crippen LogP contribution is 2.40. The molecule has 1 N–H and O–H groups in total. The Hall–Kier alpha value is -0.970. The number of halogens is 1. The first-order chi connectivity index (χ1) is 9.81. The largest absolute Gasteiger partial charge is 0.497 e. The van der Waals surface area contributed by atoms with Gasteiger partial charge in [-0.15, -0.1) is 12.4 Å². The van der Waals surface area contributed by atoms with Gasteiger partial charge in [-0.05, 0) is 44.1 Å². The van der Waals surface area contributed by atoms with Crippen LogP contribution < -0.4 is 9.47 Å². The number of piperidine rings is 1. The van der Waals surface area contributed by atoms with E-state index in [9.17, 15) is 5.11 Å². The number of hydrogen-bond donors (Lipinski definition) is 1. The Bertz CT molecular complexity index is 463. The quantitative estimate of drug-likeness (QED) is 0.927. The molecule has 0 aromatic heterocycles. The van der Waals surface area contributed by atoms with Crippen molar-refractivity contribution in [2.45, 2.75) is 31.3 Å². The number of rotatable bonds is 4. The Kier molecular flexibility index (Phi) is 5.73. The van der Waals surface area contributed by atoms with Crippen LogP contribution >= 0.6 is 12.4 Å². The van der Waals surface area contributed by atoms with Gasteiger partial charge < -0.3 is 14.6 Å². The van der Waals surface area contributed by atoms with Crippen molar-refractivity contribution in [3.8, 4) is 11.5 Å². The molecule has 2 aliphatic heterocycles. The van der Waals surface area contributed by atoms with Gasteiger partial charge in [0.05, 0.1) is 13.7 Å². The van der Waals surface area contributed by atoms with Crippen molar-refractivity contribution in [2.75, 3.05) is 33.4 Å². The summed E-state index contributed by atoms with van der Waals surface area (Å²) < 4.78 is 11.3. The summed E-state index contributed by atoms with van der Waals surface area (Å²) in [6.45, 7) is 3.33. The zero-order valence-corrected chi connectivity index (χ0v) is 13.3. The van der Waals surface area contributed by atoms with Gasteiger partial charge in [-0.3, -0.25) is 4.90 Å². The molecule has 0 spiro atoms. The Morgan fingerprint density at radius 2 is 2.05 bits per heavy atom. The fourth-order valence-electron chi connectivity index (χ4n) is 3.27. The van der Waals surface area contributed by atoms with Crippen molar-refractivity contribution in [1.29, 1.82) is 0 Å². The number of methoxy groups -OCH3 is 1. The molecule has 1 fully saturated rings. The first-order valence-corrected chi connectivity index (χ1v) is 7.49. The monoisotopic (exact) mass is 313 g/mol. The Morgan fingerprint density at radius 3 is 2.71 bits per heavy atom. The highest BCUT2D eigenvalue weighted by atomic mass is 35.5. The Morgan fingerprint density at radius 1 is 1.29 bits per heavy atom. The van der Waals surface area contributed by atoms with Crippen molar-refractivity contribution >= 4 is 12.4 Å². The van der Waals surface area contributed by atoms with Crippen LogP contribution in [0.4, 0.5) is 0 Å². The fraction of sp³-hybridized carbons (Fsp3) is 0.625. The molecule has 0 saturated carbocycles. The Labute approximate surface area is 132 Å². The summed E-state index contributed by atoms with van der Waals surface area (Å²) >= 11 is 0. The fourth-order valence-corrected chi connectivity index (χ4v) is 3.27. The molecule has 21 heavy (non-hydrogen) atoms. The summed E-state index contributed by atoms with van der Waals surface area (Å²) in [5.41, 5.74) is 1.08. The van der Waals surface area contributed by atoms with E-state index in [-0.39, 0.29) is 31.0 Å². The van der Waals surface area contributed by atoms with Crippen LogP contribution in [0.25, 0.3) is 0 Å². The van der Waals surface area contributed by atoms with Gasteiger partial charge in [0, 0.05) is 18.0 Å². The topological polar surface area (TPSA) is 41.9 Å². The normalized spacial score (nSPS) is 24.9. The van der Waals surface area contributed by atoms with E-state index in [0.717, 1.165) is 36.7 Å². The van der Waals surface area contributed by atoms with E-state index < -0.39 is 0 Å². The maximum atomic E-state index is 9.74. The smallest absolute Gasteiger partial charge is 0.123 e.